The molecule has 4 rings (SSSR count). The van der Waals surface area contributed by atoms with Gasteiger partial charge in [0.1, 0.15) is 7.11 Å². The first-order valence-corrected chi connectivity index (χ1v) is 16.6. The summed E-state index contributed by atoms with van der Waals surface area (Å²) >= 11 is 25.0. The van der Waals surface area contributed by atoms with Gasteiger partial charge in [0.05, 0.1) is 22.3 Å². The molecule has 0 radical (unpaired) electrons. The topological polar surface area (TPSA) is 109 Å². The van der Waals surface area contributed by atoms with E-state index >= 15 is 0 Å². The number of nitrogens with zero attached hydrogens (tertiary/aromatic N) is 4. The van der Waals surface area contributed by atoms with Crippen molar-refractivity contribution in [1.82, 2.24) is 14.7 Å². The normalized spacial score (nSPS) is 19.0. The summed E-state index contributed by atoms with van der Waals surface area (Å²) in [5.74, 6) is -1.17. The molecule has 1 unspecified atom stereocenters. The number of hydrogen-bond acceptors (Lipinski definition) is 6. The average molecular weight is 700 g/mol. The van der Waals surface area contributed by atoms with Crippen molar-refractivity contribution in [2.24, 2.45) is 16.8 Å². The Bertz CT molecular complexity index is 1400. The van der Waals surface area contributed by atoms with Crippen molar-refractivity contribution < 1.29 is 19.2 Å². The first-order valence-electron chi connectivity index (χ1n) is 15.0. The molecule has 2 heterocycles. The average Bonchev–Trinajstić information content (AvgIpc) is 2.99. The maximum absolute atomic E-state index is 13.3. The second kappa shape index (κ2) is 16.3. The maximum atomic E-state index is 13.3. The van der Waals surface area contributed by atoms with Gasteiger partial charge >= 0.3 is 0 Å². The van der Waals surface area contributed by atoms with E-state index in [1.165, 1.54) is 7.11 Å². The van der Waals surface area contributed by atoms with E-state index < -0.39 is 5.91 Å². The molecule has 2 aliphatic heterocycles. The Morgan fingerprint density at radius 1 is 1.02 bits per heavy atom. The van der Waals surface area contributed by atoms with Gasteiger partial charge in [-0.05, 0) is 74.5 Å². The van der Waals surface area contributed by atoms with Crippen LogP contribution in [0.1, 0.15) is 60.4 Å². The number of oxime groups is 1. The van der Waals surface area contributed by atoms with Crippen LogP contribution in [-0.4, -0.2) is 91.1 Å². The zero-order valence-electron chi connectivity index (χ0n) is 25.5. The van der Waals surface area contributed by atoms with Crippen molar-refractivity contribution in [3.63, 3.8) is 0 Å². The Labute approximate surface area is 284 Å². The van der Waals surface area contributed by atoms with E-state index in [4.69, 9.17) is 57.0 Å². The summed E-state index contributed by atoms with van der Waals surface area (Å²) in [6, 6.07) is 10.4. The van der Waals surface area contributed by atoms with Gasteiger partial charge in [0.2, 0.25) is 11.8 Å². The number of primary amides is 1. The number of likely N-dealkylation sites (tertiary alicyclic amines) is 2. The predicted octanol–water partition coefficient (Wildman–Crippen LogP) is 6.13. The molecule has 244 valence electrons. The lowest BCUT2D eigenvalue weighted by Crippen LogP contribution is -2.52. The molecule has 13 heteroatoms. The van der Waals surface area contributed by atoms with Crippen LogP contribution in [0, 0.1) is 5.92 Å². The molecule has 2 fully saturated rings. The molecule has 2 aromatic carbocycles. The minimum absolute atomic E-state index is 0.0531. The second-order valence-electron chi connectivity index (χ2n) is 11.7. The highest BCUT2D eigenvalue weighted by Gasteiger charge is 2.35. The third kappa shape index (κ3) is 9.48. The van der Waals surface area contributed by atoms with Gasteiger partial charge in [-0.3, -0.25) is 14.4 Å². The number of piperidine rings is 2. The van der Waals surface area contributed by atoms with Crippen molar-refractivity contribution in [3.8, 4) is 0 Å². The summed E-state index contributed by atoms with van der Waals surface area (Å²) in [7, 11) is 3.17. The molecule has 45 heavy (non-hydrogen) atoms. The van der Waals surface area contributed by atoms with E-state index in [9.17, 15) is 14.4 Å². The molecule has 0 bridgehead atoms. The van der Waals surface area contributed by atoms with Crippen LogP contribution < -0.4 is 5.73 Å². The van der Waals surface area contributed by atoms with Crippen LogP contribution in [0.2, 0.25) is 20.1 Å². The van der Waals surface area contributed by atoms with Crippen LogP contribution in [0.4, 0.5) is 0 Å². The second-order valence-corrected chi connectivity index (χ2v) is 13.4. The van der Waals surface area contributed by atoms with Crippen molar-refractivity contribution in [3.05, 3.63) is 67.6 Å². The molecule has 2 aromatic rings. The van der Waals surface area contributed by atoms with Crippen molar-refractivity contribution in [2.75, 3.05) is 46.9 Å². The Morgan fingerprint density at radius 3 is 2.33 bits per heavy atom. The molecule has 0 aliphatic carbocycles. The van der Waals surface area contributed by atoms with Gasteiger partial charge in [0, 0.05) is 66.6 Å². The number of halogens is 4. The van der Waals surface area contributed by atoms with Gasteiger partial charge in [-0.15, -0.1) is 0 Å². The summed E-state index contributed by atoms with van der Waals surface area (Å²) in [6.07, 6.45) is 4.10. The highest BCUT2D eigenvalue weighted by molar-refractivity contribution is 6.42. The number of rotatable bonds is 12. The van der Waals surface area contributed by atoms with E-state index in [1.54, 1.807) is 36.2 Å². The standard InChI is InChI=1S/C32H39Cl4N5O4/c1-39(31(43)22-14-23(33)18-24(34)15-22)19-29(38-45-2)26(20-5-6-27(35)28(36)16-20)9-13-40-11-7-25(8-12-40)41-10-3-4-21(32(41)44)17-30(37)42/h5-6,14-16,18,21,25-26H,3-4,7-13,17,19H2,1-2H3,(H2,37,42)/b38-29+/t21?,26-/m0/s1. The van der Waals surface area contributed by atoms with Gasteiger partial charge in [-0.25, -0.2) is 0 Å². The summed E-state index contributed by atoms with van der Waals surface area (Å²) in [6.45, 7) is 3.32. The van der Waals surface area contributed by atoms with Crippen molar-refractivity contribution >= 4 is 69.8 Å². The molecular weight excluding hydrogens is 660 g/mol. The van der Waals surface area contributed by atoms with E-state index in [1.807, 2.05) is 17.0 Å². The van der Waals surface area contributed by atoms with Gasteiger partial charge in [0.25, 0.3) is 5.91 Å². The lowest BCUT2D eigenvalue weighted by atomic mass is 9.89. The molecule has 2 N–H and O–H groups in total. The molecule has 0 aromatic heterocycles. The first-order chi connectivity index (χ1) is 21.5. The monoisotopic (exact) mass is 697 g/mol. The van der Waals surface area contributed by atoms with Crippen molar-refractivity contribution in [1.29, 1.82) is 0 Å². The first kappa shape index (κ1) is 35.3. The highest BCUT2D eigenvalue weighted by Crippen LogP contribution is 2.31. The van der Waals surface area contributed by atoms with Crippen LogP contribution in [0.15, 0.2) is 41.6 Å². The third-order valence-electron chi connectivity index (χ3n) is 8.58. The number of amides is 3. The van der Waals surface area contributed by atoms with Crippen LogP contribution in [0.5, 0.6) is 0 Å². The fourth-order valence-corrected chi connectivity index (χ4v) is 7.16. The van der Waals surface area contributed by atoms with Crippen LogP contribution in [-0.2, 0) is 14.4 Å². The fourth-order valence-electron chi connectivity index (χ4n) is 6.32. The van der Waals surface area contributed by atoms with Gasteiger partial charge in [-0.2, -0.15) is 0 Å². The third-order valence-corrected chi connectivity index (χ3v) is 9.75. The largest absolute Gasteiger partial charge is 0.399 e. The van der Waals surface area contributed by atoms with E-state index in [0.717, 1.165) is 51.0 Å². The van der Waals surface area contributed by atoms with E-state index in [-0.39, 0.29) is 42.7 Å². The molecule has 3 amide bonds. The number of benzene rings is 2. The molecule has 9 nitrogen and oxygen atoms in total. The molecule has 0 spiro atoms. The molecule has 2 aliphatic rings. The van der Waals surface area contributed by atoms with E-state index in [2.05, 4.69) is 10.1 Å². The Balaban J connectivity index is 1.45. The summed E-state index contributed by atoms with van der Waals surface area (Å²) in [5.41, 5.74) is 7.31. The zero-order valence-corrected chi connectivity index (χ0v) is 28.5. The molecule has 2 atom stereocenters. The number of carbonyl (C=O) groups excluding carboxylic acids is 3. The van der Waals surface area contributed by atoms with Crippen molar-refractivity contribution in [2.45, 2.75) is 50.5 Å². The Hall–Kier alpha value is -2.56. The fraction of sp³-hybridized carbons (Fsp3) is 0.500. The quantitative estimate of drug-likeness (QED) is 0.212. The zero-order chi connectivity index (χ0) is 32.7. The molecule has 2 saturated heterocycles. The SMILES string of the molecule is CO/N=C(\CN(C)C(=O)c1cc(Cl)cc(Cl)c1)[C@@H](CCN1CCC(N2CCCC(CC(N)=O)C2=O)CC1)c1ccc(Cl)c(Cl)c1. The number of hydrogen-bond donors (Lipinski definition) is 1. The van der Waals surface area contributed by atoms with Gasteiger partial charge in [-0.1, -0.05) is 57.6 Å². The Kier molecular flexibility index (Phi) is 12.8. The lowest BCUT2D eigenvalue weighted by molar-refractivity contribution is -0.144. The summed E-state index contributed by atoms with van der Waals surface area (Å²) in [5, 5.41) is 5.99. The number of carbonyl (C=O) groups is 3. The Morgan fingerprint density at radius 2 is 1.71 bits per heavy atom. The van der Waals surface area contributed by atoms with Crippen LogP contribution >= 0.6 is 46.4 Å². The molecular formula is C32H39Cl4N5O4. The smallest absolute Gasteiger partial charge is 0.254 e. The molecule has 0 saturated carbocycles. The number of nitrogens with two attached hydrogens (primary N) is 1. The van der Waals surface area contributed by atoms with Crippen LogP contribution in [0.25, 0.3) is 0 Å². The van der Waals surface area contributed by atoms with E-state index in [0.29, 0.717) is 44.2 Å². The predicted molar refractivity (Wildman–Crippen MR) is 179 cm³/mol. The highest BCUT2D eigenvalue weighted by atomic mass is 35.5. The lowest BCUT2D eigenvalue weighted by Gasteiger charge is -2.42. The summed E-state index contributed by atoms with van der Waals surface area (Å²) < 4.78 is 0. The maximum Gasteiger partial charge on any atom is 0.254 e. The van der Waals surface area contributed by atoms with Gasteiger partial charge < -0.3 is 25.3 Å². The van der Waals surface area contributed by atoms with Crippen LogP contribution in [0.3, 0.4) is 0 Å². The summed E-state index contributed by atoms with van der Waals surface area (Å²) in [4.78, 5) is 49.0. The minimum atomic E-state index is -0.428. The van der Waals surface area contributed by atoms with Gasteiger partial charge in [0.15, 0.2) is 0 Å². The minimum Gasteiger partial charge on any atom is -0.399 e.